The van der Waals surface area contributed by atoms with Crippen molar-refractivity contribution in [3.63, 3.8) is 0 Å². The van der Waals surface area contributed by atoms with Gasteiger partial charge >= 0.3 is 5.97 Å². The number of nitrogens with zero attached hydrogens (tertiary/aromatic N) is 1. The molecule has 2 aliphatic heterocycles. The maximum Gasteiger partial charge on any atom is 0.320 e. The summed E-state index contributed by atoms with van der Waals surface area (Å²) in [7, 11) is 0. The number of ketones is 1. The van der Waals surface area contributed by atoms with Crippen molar-refractivity contribution in [1.29, 1.82) is 0 Å². The molecule has 0 aromatic carbocycles. The van der Waals surface area contributed by atoms with Crippen molar-refractivity contribution in [1.82, 2.24) is 4.90 Å². The predicted molar refractivity (Wildman–Crippen MR) is 140 cm³/mol. The van der Waals surface area contributed by atoms with Gasteiger partial charge in [0.2, 0.25) is 0 Å². The third kappa shape index (κ3) is 4.19. The largest absolute Gasteiger partial charge is 0.454 e. The minimum atomic E-state index is -2.09. The summed E-state index contributed by atoms with van der Waals surface area (Å²) < 4.78 is 12.6. The van der Waals surface area contributed by atoms with Crippen molar-refractivity contribution in [2.75, 3.05) is 19.6 Å². The highest BCUT2D eigenvalue weighted by molar-refractivity contribution is 5.93. The summed E-state index contributed by atoms with van der Waals surface area (Å²) in [5.74, 6) is -0.190. The van der Waals surface area contributed by atoms with Crippen molar-refractivity contribution in [3.8, 4) is 0 Å². The van der Waals surface area contributed by atoms with Gasteiger partial charge in [-0.25, -0.2) is 0 Å². The zero-order valence-electron chi connectivity index (χ0n) is 22.6. The lowest BCUT2D eigenvalue weighted by Gasteiger charge is -2.66. The monoisotopic (exact) mass is 525 g/mol. The molecule has 2 N–H and O–H groups in total. The van der Waals surface area contributed by atoms with E-state index in [0.717, 1.165) is 31.5 Å². The number of aliphatic hydroxyl groups excluding tert-OH is 1. The summed E-state index contributed by atoms with van der Waals surface area (Å²) in [6.07, 6.45) is 4.60. The first-order valence-corrected chi connectivity index (χ1v) is 13.0. The van der Waals surface area contributed by atoms with Gasteiger partial charge in [0.15, 0.2) is 17.5 Å². The van der Waals surface area contributed by atoms with Crippen molar-refractivity contribution in [2.24, 2.45) is 16.7 Å². The normalized spacial score (nSPS) is 42.9. The molecule has 204 valence electrons. The first kappa shape index (κ1) is 29.3. The van der Waals surface area contributed by atoms with Gasteiger partial charge in [0.05, 0.1) is 23.7 Å². The Kier molecular flexibility index (Phi) is 7.73. The Morgan fingerprint density at radius 1 is 1.22 bits per heavy atom. The zero-order chi connectivity index (χ0) is 26.0. The van der Waals surface area contributed by atoms with E-state index in [1.54, 1.807) is 26.8 Å². The number of Topliss-reactive ketones (excluding diaryl/α,β-unsaturated/α-hetero) is 1. The summed E-state index contributed by atoms with van der Waals surface area (Å²) in [6.45, 7) is 17.1. The van der Waals surface area contributed by atoms with Crippen LogP contribution in [-0.4, -0.2) is 75.5 Å². The highest BCUT2D eigenvalue weighted by Gasteiger charge is 2.76. The van der Waals surface area contributed by atoms with Crippen LogP contribution in [0.3, 0.4) is 0 Å². The lowest BCUT2D eigenvalue weighted by molar-refractivity contribution is -0.305. The van der Waals surface area contributed by atoms with Gasteiger partial charge in [0.1, 0.15) is 5.60 Å². The lowest BCUT2D eigenvalue weighted by atomic mass is 9.44. The summed E-state index contributed by atoms with van der Waals surface area (Å²) in [4.78, 5) is 29.1. The van der Waals surface area contributed by atoms with Gasteiger partial charge in [-0.3, -0.25) is 14.5 Å². The summed E-state index contributed by atoms with van der Waals surface area (Å²) in [5, 5.41) is 23.7. The average Bonchev–Trinajstić information content (AvgIpc) is 2.77. The standard InChI is InChI=1S/C28H43NO6.ClH/c1-8-25(5)16-21(31)28(33)26(6)19(24(3,4)12-9-20(26)30)15-22(27(28,7)35-25)34-23(32)17-29-13-10-18(2)11-14-29;/h8,15,18,20,22,30,33H,1,9-14,16-17H2,2-7H3;1H/t20-,22-,25-,26+,27+,28-;/m0./s1. The Bertz CT molecular complexity index is 942. The van der Waals surface area contributed by atoms with Gasteiger partial charge < -0.3 is 19.7 Å². The topological polar surface area (TPSA) is 96.3 Å². The van der Waals surface area contributed by atoms with Gasteiger partial charge in [-0.2, -0.15) is 0 Å². The molecule has 4 aliphatic rings. The number of halogens is 1. The molecule has 0 unspecified atom stereocenters. The second-order valence-corrected chi connectivity index (χ2v) is 12.6. The van der Waals surface area contributed by atoms with E-state index < -0.39 is 51.6 Å². The number of ether oxygens (including phenoxy) is 2. The molecule has 3 fully saturated rings. The molecule has 0 amide bonds. The molecule has 2 saturated heterocycles. The number of likely N-dealkylation sites (tertiary alicyclic amines) is 1. The van der Waals surface area contributed by atoms with Gasteiger partial charge in [-0.05, 0) is 77.0 Å². The molecule has 6 atom stereocenters. The molecule has 0 aromatic heterocycles. The molecule has 0 spiro atoms. The van der Waals surface area contributed by atoms with Crippen molar-refractivity contribution in [3.05, 3.63) is 24.3 Å². The first-order valence-electron chi connectivity index (χ1n) is 13.0. The molecule has 0 radical (unpaired) electrons. The summed E-state index contributed by atoms with van der Waals surface area (Å²) in [5.41, 5.74) is -5.68. The number of carbonyl (C=O) groups is 2. The van der Waals surface area contributed by atoms with Crippen LogP contribution in [0.2, 0.25) is 0 Å². The van der Waals surface area contributed by atoms with Crippen LogP contribution in [0.25, 0.3) is 0 Å². The lowest BCUT2D eigenvalue weighted by Crippen LogP contribution is -2.81. The Hall–Kier alpha value is -1.25. The van der Waals surface area contributed by atoms with Crippen LogP contribution >= 0.6 is 12.4 Å². The van der Waals surface area contributed by atoms with Gasteiger partial charge in [-0.15, -0.1) is 19.0 Å². The fraction of sp³-hybridized carbons (Fsp3) is 0.786. The van der Waals surface area contributed by atoms with Crippen LogP contribution < -0.4 is 0 Å². The van der Waals surface area contributed by atoms with Crippen molar-refractivity contribution >= 4 is 24.2 Å². The molecule has 2 heterocycles. The number of fused-ring (bicyclic) bond motifs is 3. The van der Waals surface area contributed by atoms with E-state index in [4.69, 9.17) is 9.47 Å². The van der Waals surface area contributed by atoms with Crippen LogP contribution in [0.4, 0.5) is 0 Å². The molecule has 4 rings (SSSR count). The smallest absolute Gasteiger partial charge is 0.320 e. The van der Waals surface area contributed by atoms with Crippen LogP contribution in [0.15, 0.2) is 24.3 Å². The third-order valence-electron chi connectivity index (χ3n) is 9.61. The van der Waals surface area contributed by atoms with Crippen molar-refractivity contribution < 1.29 is 29.3 Å². The summed E-state index contributed by atoms with van der Waals surface area (Å²) in [6, 6.07) is 0. The highest BCUT2D eigenvalue weighted by Crippen LogP contribution is 2.64. The first-order chi connectivity index (χ1) is 16.1. The molecule has 0 aromatic rings. The molecule has 8 heteroatoms. The Morgan fingerprint density at radius 3 is 2.42 bits per heavy atom. The van der Waals surface area contributed by atoms with Crippen LogP contribution in [0.1, 0.15) is 73.6 Å². The van der Waals surface area contributed by atoms with E-state index in [-0.39, 0.29) is 25.4 Å². The van der Waals surface area contributed by atoms with E-state index in [1.807, 2.05) is 19.9 Å². The van der Waals surface area contributed by atoms with Crippen molar-refractivity contribution in [2.45, 2.75) is 103 Å². The quantitative estimate of drug-likeness (QED) is 0.427. The molecule has 0 bridgehead atoms. The van der Waals surface area contributed by atoms with E-state index in [0.29, 0.717) is 18.8 Å². The Labute approximate surface area is 221 Å². The minimum Gasteiger partial charge on any atom is -0.454 e. The molecule has 1 saturated carbocycles. The molecular weight excluding hydrogens is 482 g/mol. The van der Waals surface area contributed by atoms with E-state index in [1.165, 1.54) is 0 Å². The Balaban J connectivity index is 0.00000361. The summed E-state index contributed by atoms with van der Waals surface area (Å²) >= 11 is 0. The second-order valence-electron chi connectivity index (χ2n) is 12.6. The molecule has 36 heavy (non-hydrogen) atoms. The third-order valence-corrected chi connectivity index (χ3v) is 9.61. The van der Waals surface area contributed by atoms with E-state index >= 15 is 0 Å². The average molecular weight is 526 g/mol. The fourth-order valence-electron chi connectivity index (χ4n) is 7.18. The maximum atomic E-state index is 13.9. The Morgan fingerprint density at radius 2 is 1.83 bits per heavy atom. The number of carbonyl (C=O) groups excluding carboxylic acids is 2. The fourth-order valence-corrected chi connectivity index (χ4v) is 7.18. The van der Waals surface area contributed by atoms with Crippen LogP contribution in [0, 0.1) is 16.7 Å². The number of rotatable bonds is 4. The van der Waals surface area contributed by atoms with Gasteiger partial charge in [-0.1, -0.05) is 32.4 Å². The maximum absolute atomic E-state index is 13.9. The number of esters is 1. The predicted octanol–water partition coefficient (Wildman–Crippen LogP) is 3.60. The number of aliphatic hydroxyl groups is 2. The molecule has 7 nitrogen and oxygen atoms in total. The molecular formula is C28H44ClNO6. The van der Waals surface area contributed by atoms with Crippen LogP contribution in [0.5, 0.6) is 0 Å². The number of piperidine rings is 1. The second kappa shape index (κ2) is 9.49. The molecule has 2 aliphatic carbocycles. The number of hydrogen-bond acceptors (Lipinski definition) is 7. The van der Waals surface area contributed by atoms with Crippen LogP contribution in [-0.2, 0) is 19.1 Å². The van der Waals surface area contributed by atoms with E-state index in [9.17, 15) is 19.8 Å². The van der Waals surface area contributed by atoms with Gasteiger partial charge in [0.25, 0.3) is 0 Å². The van der Waals surface area contributed by atoms with E-state index in [2.05, 4.69) is 18.4 Å². The SMILES string of the molecule is C=C[C@@]1(C)CC(=O)[C@@]2(O)[C@](C)(O1)[C@@H](OC(=O)CN1CCC(C)CC1)C=C1C(C)(C)CC[C@H](O)[C@@]12C.Cl. The highest BCUT2D eigenvalue weighted by atomic mass is 35.5. The minimum absolute atomic E-state index is 0. The number of hydrogen-bond donors (Lipinski definition) is 2. The van der Waals surface area contributed by atoms with Gasteiger partial charge in [0, 0.05) is 6.42 Å². The zero-order valence-corrected chi connectivity index (χ0v) is 23.5.